The molecule has 0 saturated heterocycles. The third-order valence-corrected chi connectivity index (χ3v) is 25.4. The summed E-state index contributed by atoms with van der Waals surface area (Å²) < 4.78 is 6.67. The molecular weight excluding hydrogens is 813 g/mol. The molecule has 0 aliphatic heterocycles. The highest BCUT2D eigenvalue weighted by Crippen LogP contribution is 2.96. The van der Waals surface area contributed by atoms with Crippen LogP contribution in [-0.4, -0.2) is 12.6 Å². The zero-order valence-electron chi connectivity index (χ0n) is 34.5. The molecule has 1 saturated carbocycles. The first-order valence-corrected chi connectivity index (χ1v) is 25.2. The van der Waals surface area contributed by atoms with Gasteiger partial charge in [-0.25, -0.2) is 0 Å². The third-order valence-electron chi connectivity index (χ3n) is 25.4. The van der Waals surface area contributed by atoms with Gasteiger partial charge in [0.05, 0.1) is 22.9 Å². The van der Waals surface area contributed by atoms with Crippen molar-refractivity contribution >= 4 is 297 Å². The lowest BCUT2D eigenvalue weighted by Crippen LogP contribution is -2.27. The molecule has 5 aliphatic rings. The van der Waals surface area contributed by atoms with Gasteiger partial charge in [-0.15, -0.1) is 0 Å². The predicted octanol–water partition coefficient (Wildman–Crippen LogP) is 16.9. The Bertz CT molecular complexity index is 6570. The minimum absolute atomic E-state index is 0.0324. The fraction of sp³-hybridized carbons (Fsp3) is 0.0923. The Morgan fingerprint density at radius 1 is 0.254 bits per heavy atom. The van der Waals surface area contributed by atoms with E-state index in [2.05, 4.69) is 13.8 Å². The smallest absolute Gasteiger partial charge is 0.314 e. The number of carbonyl (C=O) groups excluding carboxylic acids is 1. The number of rotatable bonds is 2. The first kappa shape index (κ1) is 24.5. The zero-order chi connectivity index (χ0) is 40.0. The number of hydrogen-bond acceptors (Lipinski definition) is 2. The molecular formula is C65H8O2. The molecule has 33 rings (SSSR count). The highest BCUT2D eigenvalue weighted by atomic mass is 16.5. The molecule has 2 nitrogen and oxygen atoms in total. The van der Waals surface area contributed by atoms with Crippen molar-refractivity contribution in [3.8, 4) is 0 Å². The summed E-state index contributed by atoms with van der Waals surface area (Å²) in [5.41, 5.74) is 4.32. The maximum absolute atomic E-state index is 16.2. The van der Waals surface area contributed by atoms with E-state index < -0.39 is 16.2 Å². The summed E-state index contributed by atoms with van der Waals surface area (Å²) in [7, 11) is 0. The molecule has 1 fully saturated rings. The maximum atomic E-state index is 16.2. The van der Waals surface area contributed by atoms with Crippen molar-refractivity contribution in [3.63, 3.8) is 0 Å². The van der Waals surface area contributed by atoms with E-state index in [1.807, 2.05) is 0 Å². The highest BCUT2D eigenvalue weighted by Gasteiger charge is 2.96. The van der Waals surface area contributed by atoms with Crippen molar-refractivity contribution in [2.75, 3.05) is 6.61 Å². The van der Waals surface area contributed by atoms with Crippen LogP contribution in [0.2, 0.25) is 0 Å². The van der Waals surface area contributed by atoms with Gasteiger partial charge in [0.15, 0.2) is 0 Å². The van der Waals surface area contributed by atoms with E-state index in [1.54, 1.807) is 313 Å². The van der Waals surface area contributed by atoms with Gasteiger partial charge in [0.25, 0.3) is 0 Å². The molecule has 0 unspecified atom stereocenters. The minimum atomic E-state index is -0.805. The first-order chi connectivity index (χ1) is 33.2. The van der Waals surface area contributed by atoms with E-state index in [4.69, 9.17) is 4.74 Å². The Labute approximate surface area is 363 Å². The molecule has 2 heteroatoms. The summed E-state index contributed by atoms with van der Waals surface area (Å²) in [5.74, 6) is 0.0324. The van der Waals surface area contributed by atoms with E-state index in [0.717, 1.165) is 0 Å². The zero-order valence-corrected chi connectivity index (χ0v) is 34.5. The van der Waals surface area contributed by atoms with Gasteiger partial charge in [0.1, 0.15) is 0 Å². The van der Waals surface area contributed by atoms with E-state index in [0.29, 0.717) is 6.61 Å². The fourth-order valence-electron chi connectivity index (χ4n) is 25.6. The van der Waals surface area contributed by atoms with E-state index in [-0.39, 0.29) is 5.97 Å². The Morgan fingerprint density at radius 2 is 0.373 bits per heavy atom. The maximum Gasteiger partial charge on any atom is 0.314 e. The molecule has 5 aliphatic carbocycles. The van der Waals surface area contributed by atoms with E-state index in [9.17, 15) is 0 Å². The standard InChI is InChI=1S/C65H8O2/c1-3-67-62(66)63(2)64-58-50-42-32-22-14-6-4-5-8-12-10(6)18-26-20(12)30-24-16(8)17-9(5)13-11-7(4)15(14)23-29-19(11)27-21(13)31-25(17)35-34(24)44-38(30)48-40(26)46(36(42)28(18)22)54(58)56(48)60-52(44)53-45(35)39(31)49-41(27)47-37(29)43(33(23)32)51(50)59(64)55(47)57(49)61(53)65(60,63)64/h3H2,1-2H3. The van der Waals surface area contributed by atoms with Crippen LogP contribution >= 0.6 is 0 Å². The third kappa shape index (κ3) is 1.19. The largest absolute Gasteiger partial charge is 0.466 e. The molecule has 0 heterocycles. The van der Waals surface area contributed by atoms with Gasteiger partial charge in [0, 0.05) is 0 Å². The Morgan fingerprint density at radius 3 is 0.493 bits per heavy atom. The van der Waals surface area contributed by atoms with E-state index in [1.165, 1.54) is 0 Å². The predicted molar refractivity (Wildman–Crippen MR) is 279 cm³/mol. The molecule has 0 amide bonds. The van der Waals surface area contributed by atoms with Crippen molar-refractivity contribution < 1.29 is 9.53 Å². The molecule has 0 atom stereocenters. The lowest BCUT2D eigenvalue weighted by molar-refractivity contribution is -0.150. The summed E-state index contributed by atoms with van der Waals surface area (Å²) in [4.78, 5) is 16.2. The number of carbonyl (C=O) groups is 1. The van der Waals surface area contributed by atoms with Gasteiger partial charge in [-0.3, -0.25) is 4.79 Å². The average molecular weight is 821 g/mol. The Balaban J connectivity index is 1.24. The second-order valence-electron chi connectivity index (χ2n) is 25.1. The quantitative estimate of drug-likeness (QED) is 0.128. The van der Waals surface area contributed by atoms with Gasteiger partial charge < -0.3 is 4.74 Å². The monoisotopic (exact) mass is 820 g/mol. The molecule has 28 aromatic carbocycles. The molecule has 0 aromatic heterocycles. The van der Waals surface area contributed by atoms with Crippen LogP contribution < -0.4 is 0 Å². The molecule has 2 spiro atoms. The van der Waals surface area contributed by atoms with Crippen molar-refractivity contribution in [1.82, 2.24) is 0 Å². The van der Waals surface area contributed by atoms with Gasteiger partial charge >= 0.3 is 5.97 Å². The Hall–Kier alpha value is -8.07. The fourth-order valence-corrected chi connectivity index (χ4v) is 25.6. The minimum Gasteiger partial charge on any atom is -0.466 e. The summed E-state index contributed by atoms with van der Waals surface area (Å²) in [6, 6.07) is 0. The number of ether oxygens (including phenoxy) is 1. The molecule has 67 heavy (non-hydrogen) atoms. The van der Waals surface area contributed by atoms with Crippen molar-refractivity contribution in [2.45, 2.75) is 24.7 Å². The second kappa shape index (κ2) is 5.26. The topological polar surface area (TPSA) is 26.3 Å². The molecule has 28 aromatic rings. The summed E-state index contributed by atoms with van der Waals surface area (Å²) in [5, 5.41) is 86.0. The number of hydrogen-bond donors (Lipinski definition) is 0. The Kier molecular flexibility index (Phi) is 1.92. The molecule has 0 N–H and O–H groups in total. The van der Waals surface area contributed by atoms with Crippen LogP contribution in [0.3, 0.4) is 0 Å². The first-order valence-electron chi connectivity index (χ1n) is 25.2. The average Bonchev–Trinajstić information content (AvgIpc) is 4.25. The molecule has 0 bridgehead atoms. The van der Waals surface area contributed by atoms with Crippen LogP contribution in [0.5, 0.6) is 0 Å². The summed E-state index contributed by atoms with van der Waals surface area (Å²) >= 11 is 0. The van der Waals surface area contributed by atoms with Crippen molar-refractivity contribution in [3.05, 3.63) is 22.3 Å². The van der Waals surface area contributed by atoms with Crippen LogP contribution in [0, 0.1) is 5.41 Å². The summed E-state index contributed by atoms with van der Waals surface area (Å²) in [6.45, 7) is 4.91. The van der Waals surface area contributed by atoms with Gasteiger partial charge in [0.2, 0.25) is 0 Å². The van der Waals surface area contributed by atoms with Gasteiger partial charge in [-0.2, -0.15) is 0 Å². The normalized spacial score (nSPS) is 24.9. The number of benzene rings is 18. The van der Waals surface area contributed by atoms with E-state index >= 15 is 4.79 Å². The lowest BCUT2D eigenvalue weighted by atomic mass is 9.68. The van der Waals surface area contributed by atoms with Crippen LogP contribution in [0.15, 0.2) is 0 Å². The molecule has 280 valence electrons. The lowest BCUT2D eigenvalue weighted by Gasteiger charge is -2.32. The van der Waals surface area contributed by atoms with Crippen molar-refractivity contribution in [1.29, 1.82) is 0 Å². The second-order valence-corrected chi connectivity index (χ2v) is 25.1. The van der Waals surface area contributed by atoms with Crippen molar-refractivity contribution in [2.24, 2.45) is 5.41 Å². The molecule has 0 radical (unpaired) electrons. The van der Waals surface area contributed by atoms with Gasteiger partial charge in [-0.05, 0) is 327 Å². The van der Waals surface area contributed by atoms with Crippen LogP contribution in [-0.2, 0) is 20.4 Å². The highest BCUT2D eigenvalue weighted by molar-refractivity contribution is 6.82. The summed E-state index contributed by atoms with van der Waals surface area (Å²) in [6.07, 6.45) is 0. The van der Waals surface area contributed by atoms with Crippen LogP contribution in [0.1, 0.15) is 36.1 Å². The number of esters is 1. The van der Waals surface area contributed by atoms with Crippen LogP contribution in [0.25, 0.3) is 291 Å². The SMILES string of the molecule is CCOC(=O)C1(C)C23c4c5c6c7c8c9c(c%10c%11c2c2c4c4c%12c5c5c6c6c8c8c%13c9c9c%10c%10c%11c%11c2c2c4c4c%12c%12c5c5c6c8c6c8c%13c9c9c%10c%10c%11c2c2c4c4c%12c5c6c5c8c9c%10c2c45)C713. The van der Waals surface area contributed by atoms with Crippen LogP contribution in [0.4, 0.5) is 0 Å². The van der Waals surface area contributed by atoms with Gasteiger partial charge in [-0.1, -0.05) is 0 Å².